The average molecular weight is 264 g/mol. The van der Waals surface area contributed by atoms with Crippen molar-refractivity contribution in [2.24, 2.45) is 0 Å². The first kappa shape index (κ1) is 12.4. The van der Waals surface area contributed by atoms with E-state index in [0.29, 0.717) is 16.7 Å². The summed E-state index contributed by atoms with van der Waals surface area (Å²) in [6.07, 6.45) is 1.70. The zero-order valence-electron chi connectivity index (χ0n) is 11.0. The van der Waals surface area contributed by atoms with Crippen molar-refractivity contribution in [3.05, 3.63) is 65.2 Å². The molecule has 0 heterocycles. The van der Waals surface area contributed by atoms with Crippen molar-refractivity contribution >= 4 is 17.8 Å². The molecular formula is C17H12O3. The Morgan fingerprint density at radius 2 is 1.70 bits per heavy atom. The predicted molar refractivity (Wildman–Crippen MR) is 76.7 cm³/mol. The van der Waals surface area contributed by atoms with Crippen LogP contribution in [0.3, 0.4) is 0 Å². The minimum Gasteiger partial charge on any atom is -0.465 e. The van der Waals surface area contributed by atoms with Gasteiger partial charge < -0.3 is 4.74 Å². The Hall–Kier alpha value is -2.68. The molecule has 0 atom stereocenters. The van der Waals surface area contributed by atoms with Gasteiger partial charge in [0.25, 0.3) is 0 Å². The molecule has 0 unspecified atom stereocenters. The number of carbonyl (C=O) groups is 2. The summed E-state index contributed by atoms with van der Waals surface area (Å²) in [5.41, 5.74) is 4.23. The van der Waals surface area contributed by atoms with Crippen LogP contribution >= 0.6 is 0 Å². The van der Waals surface area contributed by atoms with Crippen LogP contribution in [-0.4, -0.2) is 18.9 Å². The van der Waals surface area contributed by atoms with Crippen molar-refractivity contribution in [2.75, 3.05) is 7.11 Å². The van der Waals surface area contributed by atoms with Crippen LogP contribution < -0.4 is 0 Å². The van der Waals surface area contributed by atoms with Crippen molar-refractivity contribution < 1.29 is 14.3 Å². The van der Waals surface area contributed by atoms with Gasteiger partial charge in [-0.15, -0.1) is 0 Å². The standard InChI is InChI=1S/C17H12O3/c1-3-10-4-6-12-13-7-5-11(17(19)20-2)9-15(13)16(18)14(12)8-10/h3-9H,1H2,2H3. The van der Waals surface area contributed by atoms with Crippen LogP contribution in [0.2, 0.25) is 0 Å². The van der Waals surface area contributed by atoms with Crippen molar-refractivity contribution in [1.29, 1.82) is 0 Å². The Balaban J connectivity index is 2.17. The molecule has 3 rings (SSSR count). The second-order valence-electron chi connectivity index (χ2n) is 4.59. The second-order valence-corrected chi connectivity index (χ2v) is 4.59. The fraction of sp³-hybridized carbons (Fsp3) is 0.0588. The summed E-state index contributed by atoms with van der Waals surface area (Å²) in [7, 11) is 1.32. The van der Waals surface area contributed by atoms with E-state index in [0.717, 1.165) is 16.7 Å². The quantitative estimate of drug-likeness (QED) is 0.667. The van der Waals surface area contributed by atoms with E-state index in [1.54, 1.807) is 24.3 Å². The number of esters is 1. The molecule has 0 saturated carbocycles. The van der Waals surface area contributed by atoms with Gasteiger partial charge in [-0.25, -0.2) is 4.79 Å². The Morgan fingerprint density at radius 1 is 1.05 bits per heavy atom. The van der Waals surface area contributed by atoms with E-state index in [-0.39, 0.29) is 5.78 Å². The summed E-state index contributed by atoms with van der Waals surface area (Å²) in [4.78, 5) is 24.0. The van der Waals surface area contributed by atoms with Gasteiger partial charge >= 0.3 is 5.97 Å². The maximum atomic E-state index is 12.4. The number of benzene rings is 2. The van der Waals surface area contributed by atoms with Crippen LogP contribution in [-0.2, 0) is 4.74 Å². The molecule has 2 aromatic carbocycles. The molecular weight excluding hydrogens is 252 g/mol. The van der Waals surface area contributed by atoms with E-state index in [9.17, 15) is 9.59 Å². The molecule has 20 heavy (non-hydrogen) atoms. The predicted octanol–water partition coefficient (Wildman–Crippen LogP) is 3.33. The summed E-state index contributed by atoms with van der Waals surface area (Å²) >= 11 is 0. The molecule has 3 nitrogen and oxygen atoms in total. The van der Waals surface area contributed by atoms with Crippen LogP contribution in [0.4, 0.5) is 0 Å². The molecule has 0 fully saturated rings. The molecule has 3 heteroatoms. The second kappa shape index (κ2) is 4.46. The highest BCUT2D eigenvalue weighted by Gasteiger charge is 2.27. The first-order valence-corrected chi connectivity index (χ1v) is 6.19. The van der Waals surface area contributed by atoms with Crippen LogP contribution in [0, 0.1) is 0 Å². The van der Waals surface area contributed by atoms with E-state index < -0.39 is 5.97 Å². The highest BCUT2D eigenvalue weighted by atomic mass is 16.5. The molecule has 0 radical (unpaired) electrons. The normalized spacial score (nSPS) is 11.8. The largest absolute Gasteiger partial charge is 0.465 e. The SMILES string of the molecule is C=Cc1ccc2c(c1)C(=O)c1cc(C(=O)OC)ccc1-2. The summed E-state index contributed by atoms with van der Waals surface area (Å²) in [5, 5.41) is 0. The number of methoxy groups -OCH3 is 1. The molecule has 0 aliphatic heterocycles. The maximum Gasteiger partial charge on any atom is 0.337 e. The molecule has 0 amide bonds. The Kier molecular flexibility index (Phi) is 2.75. The Labute approximate surface area is 116 Å². The first-order chi connectivity index (χ1) is 9.65. The van der Waals surface area contributed by atoms with E-state index in [1.165, 1.54) is 7.11 Å². The van der Waals surface area contributed by atoms with E-state index in [2.05, 4.69) is 11.3 Å². The van der Waals surface area contributed by atoms with Crippen molar-refractivity contribution in [2.45, 2.75) is 0 Å². The maximum absolute atomic E-state index is 12.4. The van der Waals surface area contributed by atoms with E-state index in [4.69, 9.17) is 0 Å². The van der Waals surface area contributed by atoms with Gasteiger partial charge in [-0.05, 0) is 34.9 Å². The van der Waals surface area contributed by atoms with Crippen molar-refractivity contribution in [3.63, 3.8) is 0 Å². The molecule has 0 bridgehead atoms. The Bertz CT molecular complexity index is 757. The number of rotatable bonds is 2. The van der Waals surface area contributed by atoms with Crippen LogP contribution in [0.25, 0.3) is 17.2 Å². The lowest BCUT2D eigenvalue weighted by atomic mass is 10.0. The zero-order valence-corrected chi connectivity index (χ0v) is 11.0. The summed E-state index contributed by atoms with van der Waals surface area (Å²) in [5.74, 6) is -0.507. The summed E-state index contributed by atoms with van der Waals surface area (Å²) in [6.45, 7) is 3.71. The number of ether oxygens (including phenoxy) is 1. The third-order valence-electron chi connectivity index (χ3n) is 3.50. The third kappa shape index (κ3) is 1.67. The third-order valence-corrected chi connectivity index (χ3v) is 3.50. The smallest absolute Gasteiger partial charge is 0.337 e. The highest BCUT2D eigenvalue weighted by molar-refractivity contribution is 6.22. The van der Waals surface area contributed by atoms with Crippen molar-refractivity contribution in [1.82, 2.24) is 0 Å². The minimum atomic E-state index is -0.441. The van der Waals surface area contributed by atoms with Gasteiger partial charge in [0, 0.05) is 11.1 Å². The molecule has 2 aromatic rings. The minimum absolute atomic E-state index is 0.0653. The number of hydrogen-bond acceptors (Lipinski definition) is 3. The van der Waals surface area contributed by atoms with Gasteiger partial charge in [0.05, 0.1) is 12.7 Å². The van der Waals surface area contributed by atoms with Gasteiger partial charge in [0.15, 0.2) is 5.78 Å². The fourth-order valence-corrected chi connectivity index (χ4v) is 2.47. The lowest BCUT2D eigenvalue weighted by molar-refractivity contribution is 0.0601. The number of hydrogen-bond donors (Lipinski definition) is 0. The van der Waals surface area contributed by atoms with Gasteiger partial charge in [-0.1, -0.05) is 30.9 Å². The molecule has 98 valence electrons. The summed E-state index contributed by atoms with van der Waals surface area (Å²) in [6, 6.07) is 10.7. The molecule has 0 saturated heterocycles. The fourth-order valence-electron chi connectivity index (χ4n) is 2.47. The monoisotopic (exact) mass is 264 g/mol. The van der Waals surface area contributed by atoms with Gasteiger partial charge in [0.1, 0.15) is 0 Å². The average Bonchev–Trinajstić information content (AvgIpc) is 2.78. The number of ketones is 1. The molecule has 1 aliphatic carbocycles. The van der Waals surface area contributed by atoms with Gasteiger partial charge in [-0.3, -0.25) is 4.79 Å². The van der Waals surface area contributed by atoms with Gasteiger partial charge in [-0.2, -0.15) is 0 Å². The highest BCUT2D eigenvalue weighted by Crippen LogP contribution is 2.37. The molecule has 0 aromatic heterocycles. The topological polar surface area (TPSA) is 43.4 Å². The van der Waals surface area contributed by atoms with E-state index in [1.807, 2.05) is 18.2 Å². The molecule has 0 N–H and O–H groups in total. The lowest BCUT2D eigenvalue weighted by Crippen LogP contribution is -2.03. The number of fused-ring (bicyclic) bond motifs is 3. The van der Waals surface area contributed by atoms with E-state index >= 15 is 0 Å². The van der Waals surface area contributed by atoms with Crippen LogP contribution in [0.15, 0.2) is 43.0 Å². The van der Waals surface area contributed by atoms with Gasteiger partial charge in [0.2, 0.25) is 0 Å². The van der Waals surface area contributed by atoms with Crippen LogP contribution in [0.1, 0.15) is 31.8 Å². The zero-order chi connectivity index (χ0) is 14.3. The molecule has 1 aliphatic rings. The Morgan fingerprint density at radius 3 is 2.35 bits per heavy atom. The summed E-state index contributed by atoms with van der Waals surface area (Å²) < 4.78 is 4.68. The number of carbonyl (C=O) groups excluding carboxylic acids is 2. The van der Waals surface area contributed by atoms with Crippen molar-refractivity contribution in [3.8, 4) is 11.1 Å². The lowest BCUT2D eigenvalue weighted by Gasteiger charge is -2.03. The van der Waals surface area contributed by atoms with Crippen LogP contribution in [0.5, 0.6) is 0 Å². The first-order valence-electron chi connectivity index (χ1n) is 6.19. The molecule has 0 spiro atoms.